The van der Waals surface area contributed by atoms with E-state index in [0.717, 1.165) is 24.4 Å². The molecule has 3 heteroatoms. The molecule has 106 valence electrons. The average molecular weight is 269 g/mol. The predicted octanol–water partition coefficient (Wildman–Crippen LogP) is 3.50. The Morgan fingerprint density at radius 3 is 2.70 bits per heavy atom. The minimum absolute atomic E-state index is 0.127. The number of H-pyrrole nitrogens is 1. The molecule has 3 rings (SSSR count). The van der Waals surface area contributed by atoms with E-state index in [4.69, 9.17) is 5.73 Å². The summed E-state index contributed by atoms with van der Waals surface area (Å²) in [5, 5.41) is 0. The molecule has 1 saturated carbocycles. The van der Waals surface area contributed by atoms with Crippen molar-refractivity contribution in [2.45, 2.75) is 44.9 Å². The molecule has 3 N–H and O–H groups in total. The summed E-state index contributed by atoms with van der Waals surface area (Å²) in [7, 11) is 0. The quantitative estimate of drug-likeness (QED) is 0.892. The molecule has 2 aromatic rings. The van der Waals surface area contributed by atoms with Gasteiger partial charge in [-0.05, 0) is 42.9 Å². The number of nitrogens with zero attached hydrogens (tertiary/aromatic N) is 1. The van der Waals surface area contributed by atoms with Gasteiger partial charge in [0.15, 0.2) is 0 Å². The molecule has 0 bridgehead atoms. The Morgan fingerprint density at radius 2 is 2.10 bits per heavy atom. The Labute approximate surface area is 120 Å². The summed E-state index contributed by atoms with van der Waals surface area (Å²) in [6.07, 6.45) is 4.26. The summed E-state index contributed by atoms with van der Waals surface area (Å²) < 4.78 is 0. The summed E-state index contributed by atoms with van der Waals surface area (Å²) >= 11 is 0. The van der Waals surface area contributed by atoms with Crippen molar-refractivity contribution in [3.63, 3.8) is 0 Å². The lowest BCUT2D eigenvalue weighted by atomic mass is 9.96. The normalized spacial score (nSPS) is 16.6. The molecule has 20 heavy (non-hydrogen) atoms. The second-order valence-electron chi connectivity index (χ2n) is 6.36. The summed E-state index contributed by atoms with van der Waals surface area (Å²) in [5.41, 5.74) is 11.0. The number of hydrogen-bond donors (Lipinski definition) is 2. The van der Waals surface area contributed by atoms with Crippen LogP contribution in [-0.4, -0.2) is 16.5 Å². The number of rotatable bonds is 4. The third kappa shape index (κ3) is 2.16. The molecule has 0 spiro atoms. The SMILES string of the molecule is Cc1ccc(C(C)C)cc1-c1cnc(C2(CN)CC2)[nH]1. The van der Waals surface area contributed by atoms with E-state index in [2.05, 4.69) is 48.9 Å². The van der Waals surface area contributed by atoms with Gasteiger partial charge in [-0.1, -0.05) is 26.0 Å². The first-order valence-electron chi connectivity index (χ1n) is 7.42. The number of benzene rings is 1. The van der Waals surface area contributed by atoms with Gasteiger partial charge >= 0.3 is 0 Å². The fraction of sp³-hybridized carbons (Fsp3) is 0.471. The molecule has 0 amide bonds. The minimum atomic E-state index is 0.127. The molecule has 0 atom stereocenters. The summed E-state index contributed by atoms with van der Waals surface area (Å²) in [5.74, 6) is 1.60. The number of aryl methyl sites for hydroxylation is 1. The first kappa shape index (κ1) is 13.4. The fourth-order valence-corrected chi connectivity index (χ4v) is 2.70. The second-order valence-corrected chi connectivity index (χ2v) is 6.36. The highest BCUT2D eigenvalue weighted by atomic mass is 15.0. The van der Waals surface area contributed by atoms with E-state index in [1.165, 1.54) is 16.7 Å². The van der Waals surface area contributed by atoms with Gasteiger partial charge in [-0.25, -0.2) is 4.98 Å². The molecule has 0 saturated heterocycles. The molecule has 1 heterocycles. The number of aromatic amines is 1. The van der Waals surface area contributed by atoms with Gasteiger partial charge in [0.2, 0.25) is 0 Å². The van der Waals surface area contributed by atoms with E-state index >= 15 is 0 Å². The molecule has 0 aliphatic heterocycles. The van der Waals surface area contributed by atoms with Gasteiger partial charge in [0.05, 0.1) is 11.9 Å². The third-order valence-corrected chi connectivity index (χ3v) is 4.54. The van der Waals surface area contributed by atoms with Crippen LogP contribution in [0.25, 0.3) is 11.3 Å². The zero-order valence-electron chi connectivity index (χ0n) is 12.5. The van der Waals surface area contributed by atoms with E-state index in [1.54, 1.807) is 0 Å². The van der Waals surface area contributed by atoms with Crippen molar-refractivity contribution in [3.8, 4) is 11.3 Å². The number of nitrogens with two attached hydrogens (primary N) is 1. The highest BCUT2D eigenvalue weighted by Crippen LogP contribution is 2.46. The summed E-state index contributed by atoms with van der Waals surface area (Å²) in [6, 6.07) is 6.68. The highest BCUT2D eigenvalue weighted by molar-refractivity contribution is 5.64. The lowest BCUT2D eigenvalue weighted by Gasteiger charge is -2.11. The van der Waals surface area contributed by atoms with Gasteiger partial charge in [-0.2, -0.15) is 0 Å². The van der Waals surface area contributed by atoms with Crippen molar-refractivity contribution >= 4 is 0 Å². The number of hydrogen-bond acceptors (Lipinski definition) is 2. The van der Waals surface area contributed by atoms with E-state index in [0.29, 0.717) is 12.5 Å². The van der Waals surface area contributed by atoms with Gasteiger partial charge in [-0.3, -0.25) is 0 Å². The predicted molar refractivity (Wildman–Crippen MR) is 82.8 cm³/mol. The molecule has 1 aliphatic carbocycles. The molecule has 3 nitrogen and oxygen atoms in total. The lowest BCUT2D eigenvalue weighted by Crippen LogP contribution is -2.21. The van der Waals surface area contributed by atoms with E-state index in [9.17, 15) is 0 Å². The van der Waals surface area contributed by atoms with Crippen LogP contribution in [0.1, 0.15) is 49.6 Å². The lowest BCUT2D eigenvalue weighted by molar-refractivity contribution is 0.659. The molecule has 1 aliphatic rings. The van der Waals surface area contributed by atoms with Crippen LogP contribution in [0.2, 0.25) is 0 Å². The highest BCUT2D eigenvalue weighted by Gasteiger charge is 2.45. The van der Waals surface area contributed by atoms with Gasteiger partial charge in [0, 0.05) is 17.5 Å². The van der Waals surface area contributed by atoms with Crippen molar-refractivity contribution in [2.24, 2.45) is 5.73 Å². The average Bonchev–Trinajstić information content (AvgIpc) is 3.09. The van der Waals surface area contributed by atoms with E-state index in [-0.39, 0.29) is 5.41 Å². The molecular weight excluding hydrogens is 246 g/mol. The first-order chi connectivity index (χ1) is 9.55. The molecule has 1 aromatic carbocycles. The van der Waals surface area contributed by atoms with Crippen molar-refractivity contribution in [3.05, 3.63) is 41.3 Å². The second kappa shape index (κ2) is 4.74. The Bertz CT molecular complexity index is 621. The summed E-state index contributed by atoms with van der Waals surface area (Å²) in [6.45, 7) is 7.28. The smallest absolute Gasteiger partial charge is 0.114 e. The van der Waals surface area contributed by atoms with Gasteiger partial charge in [0.25, 0.3) is 0 Å². The Kier molecular flexibility index (Phi) is 3.17. The molecule has 0 radical (unpaired) electrons. The maximum atomic E-state index is 5.88. The minimum Gasteiger partial charge on any atom is -0.341 e. The van der Waals surface area contributed by atoms with E-state index < -0.39 is 0 Å². The monoisotopic (exact) mass is 269 g/mol. The standard InChI is InChI=1S/C17H23N3/c1-11(2)13-5-4-12(3)14(8-13)15-9-19-16(20-15)17(10-18)6-7-17/h4-5,8-9,11H,6-7,10,18H2,1-3H3,(H,19,20). The van der Waals surface area contributed by atoms with Crippen molar-refractivity contribution in [1.82, 2.24) is 9.97 Å². The maximum Gasteiger partial charge on any atom is 0.114 e. The van der Waals surface area contributed by atoms with Crippen molar-refractivity contribution < 1.29 is 0 Å². The maximum absolute atomic E-state index is 5.88. The third-order valence-electron chi connectivity index (χ3n) is 4.54. The molecule has 0 unspecified atom stereocenters. The van der Waals surface area contributed by atoms with E-state index in [1.807, 2.05) is 6.20 Å². The zero-order valence-corrected chi connectivity index (χ0v) is 12.5. The van der Waals surface area contributed by atoms with Crippen molar-refractivity contribution in [1.29, 1.82) is 0 Å². The number of aromatic nitrogens is 2. The van der Waals surface area contributed by atoms with Crippen LogP contribution in [0.3, 0.4) is 0 Å². The fourth-order valence-electron chi connectivity index (χ4n) is 2.70. The van der Waals surface area contributed by atoms with Crippen LogP contribution in [0.5, 0.6) is 0 Å². The van der Waals surface area contributed by atoms with Crippen molar-refractivity contribution in [2.75, 3.05) is 6.54 Å². The Hall–Kier alpha value is -1.61. The van der Waals surface area contributed by atoms with Crippen LogP contribution in [0.15, 0.2) is 24.4 Å². The van der Waals surface area contributed by atoms with Gasteiger partial charge < -0.3 is 10.7 Å². The number of imidazole rings is 1. The van der Waals surface area contributed by atoms with Crippen LogP contribution in [0, 0.1) is 6.92 Å². The Balaban J connectivity index is 1.99. The van der Waals surface area contributed by atoms with Gasteiger partial charge in [-0.15, -0.1) is 0 Å². The van der Waals surface area contributed by atoms with Crippen LogP contribution in [-0.2, 0) is 5.41 Å². The van der Waals surface area contributed by atoms with Gasteiger partial charge in [0.1, 0.15) is 5.82 Å². The van der Waals surface area contributed by atoms with Crippen LogP contribution >= 0.6 is 0 Å². The number of nitrogens with one attached hydrogen (secondary N) is 1. The molecular formula is C17H23N3. The first-order valence-corrected chi connectivity index (χ1v) is 7.42. The topological polar surface area (TPSA) is 54.7 Å². The largest absolute Gasteiger partial charge is 0.341 e. The zero-order chi connectivity index (χ0) is 14.3. The molecule has 1 fully saturated rings. The summed E-state index contributed by atoms with van der Waals surface area (Å²) in [4.78, 5) is 8.08. The van der Waals surface area contributed by atoms with Crippen LogP contribution < -0.4 is 5.73 Å². The Morgan fingerprint density at radius 1 is 1.35 bits per heavy atom. The van der Waals surface area contributed by atoms with Crippen LogP contribution in [0.4, 0.5) is 0 Å². The molecule has 1 aromatic heterocycles.